The molecule has 0 aliphatic heterocycles. The lowest BCUT2D eigenvalue weighted by Gasteiger charge is -2.30. The van der Waals surface area contributed by atoms with E-state index in [4.69, 9.17) is 4.74 Å². The minimum absolute atomic E-state index is 0.0447. The van der Waals surface area contributed by atoms with Crippen molar-refractivity contribution in [3.63, 3.8) is 0 Å². The van der Waals surface area contributed by atoms with Crippen molar-refractivity contribution in [3.8, 4) is 0 Å². The third-order valence-electron chi connectivity index (χ3n) is 2.59. The van der Waals surface area contributed by atoms with Crippen molar-refractivity contribution in [2.24, 2.45) is 5.92 Å². The molecule has 2 N–H and O–H groups in total. The van der Waals surface area contributed by atoms with Gasteiger partial charge in [-0.15, -0.1) is 0 Å². The number of alkyl carbamates (subject to hydrolysis) is 1. The third kappa shape index (κ3) is 3.70. The van der Waals surface area contributed by atoms with Crippen molar-refractivity contribution in [2.75, 3.05) is 6.61 Å². The first-order chi connectivity index (χ1) is 6.77. The monoisotopic (exact) mass is 215 g/mol. The van der Waals surface area contributed by atoms with Crippen LogP contribution in [-0.4, -0.2) is 28.9 Å². The molecule has 1 atom stereocenters. The highest BCUT2D eigenvalue weighted by Gasteiger charge is 2.42. The summed E-state index contributed by atoms with van der Waals surface area (Å²) < 4.78 is 5.15. The van der Waals surface area contributed by atoms with E-state index in [0.29, 0.717) is 5.92 Å². The Morgan fingerprint density at radius 3 is 2.27 bits per heavy atom. The standard InChI is InChI=1S/C11H21NO3/c1-10(2,3)15-9(14)12-11(4,7-13)8-5-6-8/h8,13H,5-7H2,1-4H3,(H,12,14). The minimum Gasteiger partial charge on any atom is -0.444 e. The SMILES string of the molecule is CC(C)(C)OC(=O)NC(C)(CO)C1CC1. The van der Waals surface area contributed by atoms with Gasteiger partial charge in [-0.2, -0.15) is 0 Å². The molecule has 0 aromatic heterocycles. The fourth-order valence-electron chi connectivity index (χ4n) is 1.53. The summed E-state index contributed by atoms with van der Waals surface area (Å²) in [5.41, 5.74) is -1.02. The topological polar surface area (TPSA) is 58.6 Å². The zero-order chi connectivity index (χ0) is 11.7. The van der Waals surface area contributed by atoms with E-state index in [1.807, 2.05) is 27.7 Å². The molecule has 4 nitrogen and oxygen atoms in total. The maximum absolute atomic E-state index is 11.5. The number of carbonyl (C=O) groups excluding carboxylic acids is 1. The van der Waals surface area contributed by atoms with Crippen LogP contribution in [0.1, 0.15) is 40.5 Å². The summed E-state index contributed by atoms with van der Waals surface area (Å²) in [6, 6.07) is 0. The number of hydrogen-bond acceptors (Lipinski definition) is 3. The van der Waals surface area contributed by atoms with Gasteiger partial charge in [-0.25, -0.2) is 4.79 Å². The van der Waals surface area contributed by atoms with Crippen LogP contribution in [0.4, 0.5) is 4.79 Å². The molecule has 0 aromatic rings. The summed E-state index contributed by atoms with van der Waals surface area (Å²) in [6.45, 7) is 7.27. The molecule has 0 bridgehead atoms. The summed E-state index contributed by atoms with van der Waals surface area (Å²) >= 11 is 0. The maximum atomic E-state index is 11.5. The van der Waals surface area contributed by atoms with E-state index < -0.39 is 17.2 Å². The number of carbonyl (C=O) groups is 1. The molecule has 0 saturated heterocycles. The molecule has 0 heterocycles. The zero-order valence-electron chi connectivity index (χ0n) is 9.96. The largest absolute Gasteiger partial charge is 0.444 e. The molecular formula is C11H21NO3. The lowest BCUT2D eigenvalue weighted by atomic mass is 9.97. The molecule has 1 rings (SSSR count). The second-order valence-corrected chi connectivity index (χ2v) is 5.48. The van der Waals surface area contributed by atoms with Crippen LogP contribution in [0.15, 0.2) is 0 Å². The first kappa shape index (κ1) is 12.3. The van der Waals surface area contributed by atoms with Crippen LogP contribution in [-0.2, 0) is 4.74 Å². The van der Waals surface area contributed by atoms with E-state index in [-0.39, 0.29) is 6.61 Å². The quantitative estimate of drug-likeness (QED) is 0.753. The van der Waals surface area contributed by atoms with Gasteiger partial charge in [-0.3, -0.25) is 0 Å². The summed E-state index contributed by atoms with van der Waals surface area (Å²) in [5.74, 6) is 0.384. The predicted molar refractivity (Wildman–Crippen MR) is 57.6 cm³/mol. The van der Waals surface area contributed by atoms with Gasteiger partial charge in [0.25, 0.3) is 0 Å². The maximum Gasteiger partial charge on any atom is 0.408 e. The number of aliphatic hydroxyl groups is 1. The van der Waals surface area contributed by atoms with E-state index in [0.717, 1.165) is 12.8 Å². The highest BCUT2D eigenvalue weighted by Crippen LogP contribution is 2.39. The van der Waals surface area contributed by atoms with Crippen LogP contribution in [0.5, 0.6) is 0 Å². The highest BCUT2D eigenvalue weighted by molar-refractivity contribution is 5.68. The summed E-state index contributed by atoms with van der Waals surface area (Å²) in [7, 11) is 0. The molecule has 1 aliphatic rings. The molecule has 0 spiro atoms. The van der Waals surface area contributed by atoms with Crippen molar-refractivity contribution in [1.82, 2.24) is 5.32 Å². The number of nitrogens with one attached hydrogen (secondary N) is 1. The molecule has 1 saturated carbocycles. The Balaban J connectivity index is 2.48. The second kappa shape index (κ2) is 4.00. The smallest absolute Gasteiger partial charge is 0.408 e. The summed E-state index contributed by atoms with van der Waals surface area (Å²) in [4.78, 5) is 11.5. The molecule has 4 heteroatoms. The van der Waals surface area contributed by atoms with Gasteiger partial charge in [0, 0.05) is 0 Å². The molecule has 1 aliphatic carbocycles. The van der Waals surface area contributed by atoms with E-state index in [9.17, 15) is 9.90 Å². The second-order valence-electron chi connectivity index (χ2n) is 5.48. The van der Waals surface area contributed by atoms with Crippen molar-refractivity contribution >= 4 is 6.09 Å². The van der Waals surface area contributed by atoms with E-state index in [1.54, 1.807) is 0 Å². The first-order valence-corrected chi connectivity index (χ1v) is 5.39. The van der Waals surface area contributed by atoms with Gasteiger partial charge in [0.05, 0.1) is 12.1 Å². The molecule has 15 heavy (non-hydrogen) atoms. The van der Waals surface area contributed by atoms with Crippen LogP contribution in [0.3, 0.4) is 0 Å². The lowest BCUT2D eigenvalue weighted by Crippen LogP contribution is -2.52. The highest BCUT2D eigenvalue weighted by atomic mass is 16.6. The molecule has 88 valence electrons. The Labute approximate surface area is 91.0 Å². The Morgan fingerprint density at radius 2 is 1.93 bits per heavy atom. The third-order valence-corrected chi connectivity index (χ3v) is 2.59. The van der Waals surface area contributed by atoms with E-state index in [1.165, 1.54) is 0 Å². The number of ether oxygens (including phenoxy) is 1. The van der Waals surface area contributed by atoms with Gasteiger partial charge in [0.2, 0.25) is 0 Å². The van der Waals surface area contributed by atoms with Gasteiger partial charge in [-0.05, 0) is 46.5 Å². The summed E-state index contributed by atoms with van der Waals surface area (Å²) in [5, 5.41) is 12.0. The Bertz CT molecular complexity index is 243. The van der Waals surface area contributed by atoms with Gasteiger partial charge in [-0.1, -0.05) is 0 Å². The minimum atomic E-state index is -0.525. The van der Waals surface area contributed by atoms with Gasteiger partial charge in [0.1, 0.15) is 5.60 Å². The van der Waals surface area contributed by atoms with E-state index in [2.05, 4.69) is 5.32 Å². The normalized spacial score (nSPS) is 20.6. The van der Waals surface area contributed by atoms with Gasteiger partial charge in [0.15, 0.2) is 0 Å². The van der Waals surface area contributed by atoms with E-state index >= 15 is 0 Å². The van der Waals surface area contributed by atoms with Crippen molar-refractivity contribution < 1.29 is 14.6 Å². The average molecular weight is 215 g/mol. The van der Waals surface area contributed by atoms with Gasteiger partial charge >= 0.3 is 6.09 Å². The average Bonchev–Trinajstić information content (AvgIpc) is 2.81. The fraction of sp³-hybridized carbons (Fsp3) is 0.909. The Hall–Kier alpha value is -0.770. The predicted octanol–water partition coefficient (Wildman–Crippen LogP) is 1.67. The van der Waals surface area contributed by atoms with Crippen LogP contribution in [0.25, 0.3) is 0 Å². The Morgan fingerprint density at radius 1 is 1.40 bits per heavy atom. The fourth-order valence-corrected chi connectivity index (χ4v) is 1.53. The number of aliphatic hydroxyl groups excluding tert-OH is 1. The van der Waals surface area contributed by atoms with Crippen LogP contribution in [0, 0.1) is 5.92 Å². The molecule has 0 radical (unpaired) electrons. The van der Waals surface area contributed by atoms with Gasteiger partial charge < -0.3 is 15.2 Å². The van der Waals surface area contributed by atoms with Crippen LogP contribution >= 0.6 is 0 Å². The molecule has 0 aromatic carbocycles. The molecule has 1 fully saturated rings. The van der Waals surface area contributed by atoms with Crippen molar-refractivity contribution in [2.45, 2.75) is 51.7 Å². The van der Waals surface area contributed by atoms with Crippen LogP contribution < -0.4 is 5.32 Å². The number of rotatable bonds is 3. The molecule has 1 amide bonds. The zero-order valence-corrected chi connectivity index (χ0v) is 9.96. The number of hydrogen-bond donors (Lipinski definition) is 2. The van der Waals surface area contributed by atoms with Crippen LogP contribution in [0.2, 0.25) is 0 Å². The molecular weight excluding hydrogens is 194 g/mol. The Kier molecular flexibility index (Phi) is 3.28. The molecule has 1 unspecified atom stereocenters. The van der Waals surface area contributed by atoms with Crippen molar-refractivity contribution in [3.05, 3.63) is 0 Å². The first-order valence-electron chi connectivity index (χ1n) is 5.39. The number of amides is 1. The summed E-state index contributed by atoms with van der Waals surface area (Å²) in [6.07, 6.45) is 1.67. The lowest BCUT2D eigenvalue weighted by molar-refractivity contribution is 0.0391. The van der Waals surface area contributed by atoms with Crippen molar-refractivity contribution in [1.29, 1.82) is 0 Å².